The smallest absolute Gasteiger partial charge is 0.227 e. The van der Waals surface area contributed by atoms with Gasteiger partial charge >= 0.3 is 0 Å². The van der Waals surface area contributed by atoms with Crippen LogP contribution in [-0.2, 0) is 22.5 Å². The molecule has 224 valence electrons. The first kappa shape index (κ1) is 28.7. The fraction of sp³-hybridized carbons (Fsp3) is 0.382. The minimum absolute atomic E-state index is 0.102. The first-order valence-corrected chi connectivity index (χ1v) is 15.0. The number of fused-ring (bicyclic) bond motifs is 1. The van der Waals surface area contributed by atoms with Gasteiger partial charge in [-0.05, 0) is 36.5 Å². The van der Waals surface area contributed by atoms with Gasteiger partial charge in [0.1, 0.15) is 5.82 Å². The molecule has 0 aliphatic carbocycles. The van der Waals surface area contributed by atoms with Gasteiger partial charge in [0.25, 0.3) is 0 Å². The molecule has 1 amide bonds. The van der Waals surface area contributed by atoms with E-state index in [2.05, 4.69) is 27.2 Å². The van der Waals surface area contributed by atoms with Crippen LogP contribution in [0.3, 0.4) is 0 Å². The molecular formula is C34H39N5O4. The minimum atomic E-state index is -0.521. The normalized spacial score (nSPS) is 16.6. The van der Waals surface area contributed by atoms with E-state index in [0.717, 1.165) is 35.4 Å². The molecule has 3 heterocycles. The topological polar surface area (TPSA) is 89.0 Å². The van der Waals surface area contributed by atoms with Crippen molar-refractivity contribution in [1.29, 1.82) is 0 Å². The summed E-state index contributed by atoms with van der Waals surface area (Å²) < 4.78 is 16.8. The first-order valence-electron chi connectivity index (χ1n) is 15.0. The Hall–Kier alpha value is -4.37. The number of carbonyl (C=O) groups excluding carboxylic acids is 1. The molecule has 0 atom stereocenters. The third kappa shape index (κ3) is 6.22. The van der Waals surface area contributed by atoms with E-state index in [4.69, 9.17) is 24.2 Å². The molecule has 1 N–H and O–H groups in total. The average Bonchev–Trinajstić information content (AvgIpc) is 3.07. The van der Waals surface area contributed by atoms with Gasteiger partial charge in [0.05, 0.1) is 38.4 Å². The second-order valence-corrected chi connectivity index (χ2v) is 11.3. The summed E-state index contributed by atoms with van der Waals surface area (Å²) in [4.78, 5) is 28.5. The van der Waals surface area contributed by atoms with Crippen LogP contribution >= 0.6 is 0 Å². The quantitative estimate of drug-likeness (QED) is 0.306. The number of amides is 1. The van der Waals surface area contributed by atoms with Crippen molar-refractivity contribution in [2.45, 2.75) is 25.8 Å². The maximum absolute atomic E-state index is 13.9. The number of hydrogen-bond donors (Lipinski definition) is 1. The third-order valence-electron chi connectivity index (χ3n) is 8.65. The molecule has 0 spiro atoms. The highest BCUT2D eigenvalue weighted by molar-refractivity contribution is 5.93. The van der Waals surface area contributed by atoms with Crippen molar-refractivity contribution in [2.24, 2.45) is 5.41 Å². The Morgan fingerprint density at radius 3 is 2.12 bits per heavy atom. The fourth-order valence-electron chi connectivity index (χ4n) is 6.16. The lowest BCUT2D eigenvalue weighted by atomic mass is 9.73. The Morgan fingerprint density at radius 2 is 1.47 bits per heavy atom. The molecule has 6 rings (SSSR count). The van der Waals surface area contributed by atoms with Crippen LogP contribution < -0.4 is 24.6 Å². The highest BCUT2D eigenvalue weighted by Crippen LogP contribution is 2.39. The number of morpholine rings is 1. The molecular weight excluding hydrogens is 542 g/mol. The lowest BCUT2D eigenvalue weighted by Crippen LogP contribution is -2.50. The zero-order valence-electron chi connectivity index (χ0n) is 24.9. The van der Waals surface area contributed by atoms with Crippen molar-refractivity contribution in [3.05, 3.63) is 83.9 Å². The van der Waals surface area contributed by atoms with E-state index in [-0.39, 0.29) is 5.91 Å². The number of nitrogens with one attached hydrogen (secondary N) is 1. The van der Waals surface area contributed by atoms with Crippen LogP contribution in [0.25, 0.3) is 10.9 Å². The Morgan fingerprint density at radius 1 is 0.837 bits per heavy atom. The van der Waals surface area contributed by atoms with Crippen LogP contribution in [0.5, 0.6) is 11.5 Å². The molecule has 0 saturated carbocycles. The van der Waals surface area contributed by atoms with Gasteiger partial charge in [-0.15, -0.1) is 0 Å². The predicted molar refractivity (Wildman–Crippen MR) is 168 cm³/mol. The van der Waals surface area contributed by atoms with E-state index in [1.54, 1.807) is 14.2 Å². The SMILES string of the molecule is COc1cc2nc(N3CCC(Cc4ccccc4)(C(=O)NCc4ccccc4)CC3)nc(N3CCOCC3)c2cc1OC. The van der Waals surface area contributed by atoms with Gasteiger partial charge in [0.2, 0.25) is 11.9 Å². The summed E-state index contributed by atoms with van der Waals surface area (Å²) in [7, 11) is 3.27. The van der Waals surface area contributed by atoms with Crippen molar-refractivity contribution in [2.75, 3.05) is 63.4 Å². The van der Waals surface area contributed by atoms with Crippen molar-refractivity contribution in [1.82, 2.24) is 15.3 Å². The molecule has 4 aromatic rings. The predicted octanol–water partition coefficient (Wildman–Crippen LogP) is 4.63. The minimum Gasteiger partial charge on any atom is -0.493 e. The van der Waals surface area contributed by atoms with Crippen LogP contribution in [0.15, 0.2) is 72.8 Å². The van der Waals surface area contributed by atoms with Crippen LogP contribution in [0.2, 0.25) is 0 Å². The van der Waals surface area contributed by atoms with Crippen molar-refractivity contribution >= 4 is 28.6 Å². The average molecular weight is 582 g/mol. The van der Waals surface area contributed by atoms with E-state index in [9.17, 15) is 4.79 Å². The summed E-state index contributed by atoms with van der Waals surface area (Å²) in [5.74, 6) is 2.91. The van der Waals surface area contributed by atoms with Gasteiger partial charge in [0.15, 0.2) is 11.5 Å². The monoisotopic (exact) mass is 581 g/mol. The highest BCUT2D eigenvalue weighted by atomic mass is 16.5. The number of ether oxygens (including phenoxy) is 3. The zero-order valence-corrected chi connectivity index (χ0v) is 24.9. The van der Waals surface area contributed by atoms with E-state index >= 15 is 0 Å². The van der Waals surface area contributed by atoms with Gasteiger partial charge < -0.3 is 29.3 Å². The number of piperidine rings is 1. The van der Waals surface area contributed by atoms with E-state index in [1.165, 1.54) is 5.56 Å². The van der Waals surface area contributed by atoms with Crippen molar-refractivity contribution in [3.63, 3.8) is 0 Å². The Labute approximate surface area is 252 Å². The largest absolute Gasteiger partial charge is 0.493 e. The Balaban J connectivity index is 1.29. The molecule has 9 heteroatoms. The van der Waals surface area contributed by atoms with Crippen molar-refractivity contribution < 1.29 is 19.0 Å². The van der Waals surface area contributed by atoms with Crippen LogP contribution in [0.4, 0.5) is 11.8 Å². The molecule has 9 nitrogen and oxygen atoms in total. The summed E-state index contributed by atoms with van der Waals surface area (Å²) >= 11 is 0. The van der Waals surface area contributed by atoms with Crippen LogP contribution in [0.1, 0.15) is 24.0 Å². The fourth-order valence-corrected chi connectivity index (χ4v) is 6.16. The molecule has 0 radical (unpaired) electrons. The molecule has 1 aromatic heterocycles. The molecule has 2 aliphatic rings. The maximum atomic E-state index is 13.9. The second kappa shape index (κ2) is 12.9. The summed E-state index contributed by atoms with van der Waals surface area (Å²) in [5, 5.41) is 4.17. The van der Waals surface area contributed by atoms with E-state index < -0.39 is 5.41 Å². The molecule has 0 bridgehead atoms. The van der Waals surface area contributed by atoms with Gasteiger partial charge in [-0.2, -0.15) is 4.98 Å². The van der Waals surface area contributed by atoms with Crippen LogP contribution in [0, 0.1) is 5.41 Å². The molecule has 0 unspecified atom stereocenters. The van der Waals surface area contributed by atoms with E-state index in [0.29, 0.717) is 69.6 Å². The molecule has 2 aliphatic heterocycles. The van der Waals surface area contributed by atoms with Gasteiger partial charge in [-0.25, -0.2) is 4.98 Å². The zero-order chi connectivity index (χ0) is 29.6. The number of benzene rings is 3. The lowest BCUT2D eigenvalue weighted by Gasteiger charge is -2.41. The summed E-state index contributed by atoms with van der Waals surface area (Å²) in [6, 6.07) is 24.3. The van der Waals surface area contributed by atoms with Gasteiger partial charge in [-0.3, -0.25) is 4.79 Å². The molecule has 2 fully saturated rings. The Bertz CT molecular complexity index is 1540. The third-order valence-corrected chi connectivity index (χ3v) is 8.65. The van der Waals surface area contributed by atoms with Crippen LogP contribution in [-0.4, -0.2) is 69.5 Å². The standard InChI is InChI=1S/C34H39N5O4/c1-41-29-21-27-28(22-30(29)42-2)36-33(37-31(27)38-17-19-43-20-18-38)39-15-13-34(14-16-39,23-25-9-5-3-6-10-25)32(40)35-24-26-11-7-4-8-12-26/h3-12,21-22H,13-20,23-24H2,1-2H3,(H,35,40). The number of methoxy groups -OCH3 is 2. The number of nitrogens with zero attached hydrogens (tertiary/aromatic N) is 4. The molecule has 2 saturated heterocycles. The van der Waals surface area contributed by atoms with Gasteiger partial charge in [0, 0.05) is 44.2 Å². The summed E-state index contributed by atoms with van der Waals surface area (Å²) in [6.45, 7) is 4.67. The number of aromatic nitrogens is 2. The highest BCUT2D eigenvalue weighted by Gasteiger charge is 2.42. The number of anilines is 2. The Kier molecular flexibility index (Phi) is 8.60. The lowest BCUT2D eigenvalue weighted by molar-refractivity contribution is -0.132. The molecule has 3 aromatic carbocycles. The summed E-state index contributed by atoms with van der Waals surface area (Å²) in [6.07, 6.45) is 2.09. The summed E-state index contributed by atoms with van der Waals surface area (Å²) in [5.41, 5.74) is 2.54. The van der Waals surface area contributed by atoms with E-state index in [1.807, 2.05) is 60.7 Å². The first-order chi connectivity index (χ1) is 21.1. The number of carbonyl (C=O) groups is 1. The van der Waals surface area contributed by atoms with Crippen molar-refractivity contribution in [3.8, 4) is 11.5 Å². The number of rotatable bonds is 9. The molecule has 43 heavy (non-hydrogen) atoms. The maximum Gasteiger partial charge on any atom is 0.227 e. The van der Waals surface area contributed by atoms with Gasteiger partial charge in [-0.1, -0.05) is 60.7 Å². The number of hydrogen-bond acceptors (Lipinski definition) is 8. The second-order valence-electron chi connectivity index (χ2n) is 11.3.